The summed E-state index contributed by atoms with van der Waals surface area (Å²) >= 11 is 3.43. The van der Waals surface area contributed by atoms with Crippen LogP contribution in [0, 0.1) is 0 Å². The van der Waals surface area contributed by atoms with Crippen LogP contribution in [0.25, 0.3) is 33.4 Å². The number of nitrogens with zero attached hydrogens (tertiary/aromatic N) is 4. The Hall–Kier alpha value is -5.56. The highest BCUT2D eigenvalue weighted by molar-refractivity contribution is 7.12. The van der Waals surface area contributed by atoms with Crippen LogP contribution in [-0.4, -0.2) is 22.8 Å². The summed E-state index contributed by atoms with van der Waals surface area (Å²) in [5, 5.41) is 4.29. The van der Waals surface area contributed by atoms with Gasteiger partial charge in [-0.05, 0) is 94.8 Å². The first-order valence-corrected chi connectivity index (χ1v) is 16.8. The normalized spacial score (nSPS) is 17.8. The molecule has 2 aromatic carbocycles. The van der Waals surface area contributed by atoms with E-state index in [1.807, 2.05) is 12.1 Å². The monoisotopic (exact) mass is 624 g/mol. The standard InChI is InChI=1S/C40H24N4S2/c1-3-7-25(8-4-1)31-19-21-45-39(31)37-33-15-11-27(41-33)23-29-13-17-35(43-29)38(40-32(20-22-46-40)26-9-5-2-6-10-26)36-18-14-30(44-36)24-28-12-16-34(37)42-28/h1-24H. The lowest BCUT2D eigenvalue weighted by atomic mass is 9.98. The molecule has 9 rings (SSSR count). The maximum atomic E-state index is 5.12. The third-order valence-electron chi connectivity index (χ3n) is 8.22. The minimum absolute atomic E-state index is 0.858. The summed E-state index contributed by atoms with van der Waals surface area (Å²) in [4.78, 5) is 22.8. The Balaban J connectivity index is 1.22. The Morgan fingerprint density at radius 1 is 0.413 bits per heavy atom. The maximum Gasteiger partial charge on any atom is 0.0746 e. The van der Waals surface area contributed by atoms with Gasteiger partial charge in [0.25, 0.3) is 0 Å². The molecule has 0 atom stereocenters. The SMILES string of the molecule is C1=CC2=NC1=CC1=NC(=C(c3sccc3-c3ccccc3)C3=NC(=CC4=NC(=C2c2sccc2-c2ccccc2)C=C4)C=C3)C=C1. The van der Waals surface area contributed by atoms with Crippen LogP contribution in [0.15, 0.2) is 187 Å². The molecule has 7 heterocycles. The van der Waals surface area contributed by atoms with E-state index in [1.165, 1.54) is 22.3 Å². The van der Waals surface area contributed by atoms with Gasteiger partial charge in [0, 0.05) is 32.0 Å². The van der Waals surface area contributed by atoms with E-state index in [0.29, 0.717) is 0 Å². The number of benzene rings is 2. The molecule has 0 fully saturated rings. The number of rotatable bonds is 4. The smallest absolute Gasteiger partial charge is 0.0746 e. The minimum Gasteiger partial charge on any atom is -0.248 e. The molecule has 4 aromatic rings. The van der Waals surface area contributed by atoms with Crippen LogP contribution < -0.4 is 0 Å². The number of hydrogen-bond donors (Lipinski definition) is 0. The van der Waals surface area contributed by atoms with Crippen molar-refractivity contribution in [2.75, 3.05) is 0 Å². The van der Waals surface area contributed by atoms with Crippen molar-refractivity contribution in [2.24, 2.45) is 20.0 Å². The summed E-state index contributed by atoms with van der Waals surface area (Å²) in [5.74, 6) is 0. The molecule has 2 aromatic heterocycles. The van der Waals surface area contributed by atoms with Crippen molar-refractivity contribution in [3.8, 4) is 22.3 Å². The highest BCUT2D eigenvalue weighted by atomic mass is 32.1. The molecule has 0 radical (unpaired) electrons. The number of aliphatic imine (C=N–C) groups is 4. The third kappa shape index (κ3) is 4.76. The maximum absolute atomic E-state index is 5.12. The Bertz CT molecular complexity index is 2160. The van der Waals surface area contributed by atoms with Gasteiger partial charge in [0.05, 0.1) is 45.6 Å². The van der Waals surface area contributed by atoms with E-state index in [1.54, 1.807) is 22.7 Å². The molecular formula is C40H24N4S2. The van der Waals surface area contributed by atoms with E-state index in [2.05, 4.69) is 132 Å². The quantitative estimate of drug-likeness (QED) is 0.217. The predicted octanol–water partition coefficient (Wildman–Crippen LogP) is 10.1. The summed E-state index contributed by atoms with van der Waals surface area (Å²) in [7, 11) is 0. The molecular weight excluding hydrogens is 601 g/mol. The third-order valence-corrected chi connectivity index (χ3v) is 10.1. The highest BCUT2D eigenvalue weighted by Crippen LogP contribution is 2.41. The second-order valence-electron chi connectivity index (χ2n) is 11.1. The summed E-state index contributed by atoms with van der Waals surface area (Å²) in [5.41, 5.74) is 13.7. The first kappa shape index (κ1) is 26.8. The molecule has 5 aliphatic rings. The predicted molar refractivity (Wildman–Crippen MR) is 196 cm³/mol. The summed E-state index contributed by atoms with van der Waals surface area (Å²) < 4.78 is 0. The molecule has 0 unspecified atom stereocenters. The lowest BCUT2D eigenvalue weighted by Crippen LogP contribution is -2.00. The molecule has 5 aliphatic heterocycles. The number of fused-ring (bicyclic) bond motifs is 4. The van der Waals surface area contributed by atoms with Gasteiger partial charge in [-0.25, -0.2) is 20.0 Å². The van der Waals surface area contributed by atoms with Crippen LogP contribution in [0.2, 0.25) is 0 Å². The molecule has 0 amide bonds. The van der Waals surface area contributed by atoms with Gasteiger partial charge in [-0.2, -0.15) is 0 Å². The summed E-state index contributed by atoms with van der Waals surface area (Å²) in [6.45, 7) is 0. The molecule has 0 N–H and O–H groups in total. The van der Waals surface area contributed by atoms with E-state index < -0.39 is 0 Å². The zero-order chi connectivity index (χ0) is 30.5. The average Bonchev–Trinajstić information content (AvgIpc) is 3.94. The van der Waals surface area contributed by atoms with Crippen molar-refractivity contribution in [2.45, 2.75) is 0 Å². The number of allylic oxidation sites excluding steroid dienone is 12. The number of thiophene rings is 2. The van der Waals surface area contributed by atoms with Gasteiger partial charge in [0.1, 0.15) is 0 Å². The molecule has 0 saturated carbocycles. The molecule has 0 aliphatic carbocycles. The van der Waals surface area contributed by atoms with Gasteiger partial charge in [0.2, 0.25) is 0 Å². The van der Waals surface area contributed by atoms with E-state index in [9.17, 15) is 0 Å². The van der Waals surface area contributed by atoms with Crippen molar-refractivity contribution >= 4 is 56.7 Å². The highest BCUT2D eigenvalue weighted by Gasteiger charge is 2.25. The van der Waals surface area contributed by atoms with Crippen LogP contribution in [0.5, 0.6) is 0 Å². The van der Waals surface area contributed by atoms with E-state index in [-0.39, 0.29) is 0 Å². The van der Waals surface area contributed by atoms with Crippen LogP contribution in [0.1, 0.15) is 9.75 Å². The van der Waals surface area contributed by atoms with Crippen LogP contribution in [0.3, 0.4) is 0 Å². The average molecular weight is 625 g/mol. The molecule has 8 bridgehead atoms. The second kappa shape index (κ2) is 11.1. The lowest BCUT2D eigenvalue weighted by molar-refractivity contribution is 1.42. The number of hydrogen-bond acceptors (Lipinski definition) is 6. The van der Waals surface area contributed by atoms with Crippen LogP contribution in [-0.2, 0) is 0 Å². The fraction of sp³-hybridized carbons (Fsp3) is 0. The molecule has 0 saturated heterocycles. The van der Waals surface area contributed by atoms with Gasteiger partial charge in [0.15, 0.2) is 0 Å². The fourth-order valence-electron chi connectivity index (χ4n) is 6.12. The van der Waals surface area contributed by atoms with Gasteiger partial charge in [-0.3, -0.25) is 0 Å². The zero-order valence-electron chi connectivity index (χ0n) is 24.5. The lowest BCUT2D eigenvalue weighted by Gasteiger charge is -2.10. The fourth-order valence-corrected chi connectivity index (χ4v) is 8.08. The zero-order valence-corrected chi connectivity index (χ0v) is 26.1. The topological polar surface area (TPSA) is 49.4 Å². The first-order valence-electron chi connectivity index (χ1n) is 15.0. The van der Waals surface area contributed by atoms with Crippen molar-refractivity contribution in [3.63, 3.8) is 0 Å². The molecule has 6 heteroatoms. The van der Waals surface area contributed by atoms with Crippen molar-refractivity contribution < 1.29 is 0 Å². The first-order chi connectivity index (χ1) is 22.8. The van der Waals surface area contributed by atoms with Crippen molar-refractivity contribution in [3.05, 3.63) is 177 Å². The van der Waals surface area contributed by atoms with Crippen molar-refractivity contribution in [1.29, 1.82) is 0 Å². The van der Waals surface area contributed by atoms with Crippen molar-refractivity contribution in [1.82, 2.24) is 0 Å². The van der Waals surface area contributed by atoms with E-state index in [4.69, 9.17) is 20.0 Å². The van der Waals surface area contributed by atoms with E-state index in [0.717, 1.165) is 66.5 Å². The minimum atomic E-state index is 0.858. The van der Waals surface area contributed by atoms with Gasteiger partial charge in [-0.1, -0.05) is 60.7 Å². The molecule has 46 heavy (non-hydrogen) atoms. The molecule has 0 spiro atoms. The van der Waals surface area contributed by atoms with Crippen LogP contribution in [0.4, 0.5) is 0 Å². The Morgan fingerprint density at radius 2 is 0.870 bits per heavy atom. The van der Waals surface area contributed by atoms with Crippen LogP contribution >= 0.6 is 22.7 Å². The van der Waals surface area contributed by atoms with E-state index >= 15 is 0 Å². The second-order valence-corrected chi connectivity index (χ2v) is 13.0. The Labute approximate surface area is 274 Å². The summed E-state index contributed by atoms with van der Waals surface area (Å²) in [6, 6.07) is 25.4. The molecule has 4 nitrogen and oxygen atoms in total. The van der Waals surface area contributed by atoms with Gasteiger partial charge < -0.3 is 0 Å². The van der Waals surface area contributed by atoms with Gasteiger partial charge >= 0.3 is 0 Å². The Kier molecular flexibility index (Phi) is 6.47. The summed E-state index contributed by atoms with van der Waals surface area (Å²) in [6.07, 6.45) is 20.7. The largest absolute Gasteiger partial charge is 0.248 e. The molecule has 216 valence electrons. The van der Waals surface area contributed by atoms with Gasteiger partial charge in [-0.15, -0.1) is 22.7 Å². The Morgan fingerprint density at radius 3 is 1.33 bits per heavy atom.